The number of anilines is 1. The average Bonchev–Trinajstić information content (AvgIpc) is 2.91. The monoisotopic (exact) mass is 260 g/mol. The Morgan fingerprint density at radius 2 is 2.21 bits per heavy atom. The fraction of sp³-hybridized carbons (Fsp3) is 0.333. The molecule has 0 bridgehead atoms. The number of amides is 1. The number of carbonyl (C=O) groups is 1. The number of tetrazole rings is 1. The number of aromatic amines is 1. The lowest BCUT2D eigenvalue weighted by molar-refractivity contribution is -0.119. The van der Waals surface area contributed by atoms with Crippen LogP contribution in [0.1, 0.15) is 13.8 Å². The van der Waals surface area contributed by atoms with E-state index in [1.54, 1.807) is 26.0 Å². The molecule has 0 saturated heterocycles. The van der Waals surface area contributed by atoms with E-state index in [9.17, 15) is 4.79 Å². The SMILES string of the molecule is CC(N)C(C)C(=O)Nc1cccc(-c2nn[nH]n2)c1. The molecule has 1 amide bonds. The van der Waals surface area contributed by atoms with E-state index in [1.807, 2.05) is 12.1 Å². The van der Waals surface area contributed by atoms with Crippen LogP contribution in [0.5, 0.6) is 0 Å². The summed E-state index contributed by atoms with van der Waals surface area (Å²) < 4.78 is 0. The molecule has 4 N–H and O–H groups in total. The number of H-pyrrole nitrogens is 1. The van der Waals surface area contributed by atoms with Gasteiger partial charge in [0.25, 0.3) is 0 Å². The predicted molar refractivity (Wildman–Crippen MR) is 71.1 cm³/mol. The van der Waals surface area contributed by atoms with Crippen LogP contribution in [0, 0.1) is 5.92 Å². The number of rotatable bonds is 4. The molecule has 7 heteroatoms. The Morgan fingerprint density at radius 3 is 2.84 bits per heavy atom. The highest BCUT2D eigenvalue weighted by Gasteiger charge is 2.17. The minimum atomic E-state index is -0.256. The summed E-state index contributed by atoms with van der Waals surface area (Å²) >= 11 is 0. The first-order valence-corrected chi connectivity index (χ1v) is 5.98. The van der Waals surface area contributed by atoms with Crippen LogP contribution in [-0.4, -0.2) is 32.6 Å². The van der Waals surface area contributed by atoms with E-state index in [1.165, 1.54) is 0 Å². The fourth-order valence-corrected chi connectivity index (χ4v) is 1.51. The second kappa shape index (κ2) is 5.57. The number of nitrogens with one attached hydrogen (secondary N) is 2. The fourth-order valence-electron chi connectivity index (χ4n) is 1.51. The van der Waals surface area contributed by atoms with Crippen LogP contribution < -0.4 is 11.1 Å². The van der Waals surface area contributed by atoms with Crippen molar-refractivity contribution in [1.82, 2.24) is 20.6 Å². The Bertz CT molecular complexity index is 551. The molecular weight excluding hydrogens is 244 g/mol. The Kier molecular flexibility index (Phi) is 3.86. The third-order valence-corrected chi connectivity index (χ3v) is 2.94. The molecule has 19 heavy (non-hydrogen) atoms. The van der Waals surface area contributed by atoms with E-state index in [0.717, 1.165) is 5.56 Å². The molecule has 0 aliphatic carbocycles. The van der Waals surface area contributed by atoms with Gasteiger partial charge in [-0.25, -0.2) is 0 Å². The quantitative estimate of drug-likeness (QED) is 0.752. The minimum Gasteiger partial charge on any atom is -0.327 e. The molecule has 2 unspecified atom stereocenters. The van der Waals surface area contributed by atoms with E-state index in [4.69, 9.17) is 5.73 Å². The molecule has 1 aromatic carbocycles. The third kappa shape index (κ3) is 3.14. The Hall–Kier alpha value is -2.28. The van der Waals surface area contributed by atoms with Crippen molar-refractivity contribution < 1.29 is 4.79 Å². The molecule has 0 aliphatic rings. The van der Waals surface area contributed by atoms with E-state index >= 15 is 0 Å². The van der Waals surface area contributed by atoms with Gasteiger partial charge in [0.2, 0.25) is 11.7 Å². The van der Waals surface area contributed by atoms with Gasteiger partial charge < -0.3 is 11.1 Å². The van der Waals surface area contributed by atoms with Gasteiger partial charge in [-0.1, -0.05) is 19.1 Å². The molecule has 0 fully saturated rings. The molecule has 0 radical (unpaired) electrons. The molecule has 1 aromatic heterocycles. The zero-order valence-electron chi connectivity index (χ0n) is 10.8. The predicted octanol–water partition coefficient (Wildman–Crippen LogP) is 0.788. The van der Waals surface area contributed by atoms with Crippen LogP contribution in [-0.2, 0) is 4.79 Å². The zero-order valence-corrected chi connectivity index (χ0v) is 10.8. The second-order valence-electron chi connectivity index (χ2n) is 4.45. The Labute approximate surface area is 110 Å². The van der Waals surface area contributed by atoms with Crippen molar-refractivity contribution in [3.05, 3.63) is 24.3 Å². The first-order valence-electron chi connectivity index (χ1n) is 5.98. The Morgan fingerprint density at radius 1 is 1.42 bits per heavy atom. The molecular formula is C12H16N6O. The number of hydrogen-bond acceptors (Lipinski definition) is 5. The topological polar surface area (TPSA) is 110 Å². The normalized spacial score (nSPS) is 13.8. The van der Waals surface area contributed by atoms with Crippen LogP contribution in [0.15, 0.2) is 24.3 Å². The van der Waals surface area contributed by atoms with Gasteiger partial charge in [-0.05, 0) is 24.3 Å². The van der Waals surface area contributed by atoms with Crippen LogP contribution in [0.4, 0.5) is 5.69 Å². The van der Waals surface area contributed by atoms with Gasteiger partial charge in [0.15, 0.2) is 0 Å². The van der Waals surface area contributed by atoms with E-state index in [0.29, 0.717) is 11.5 Å². The van der Waals surface area contributed by atoms with Gasteiger partial charge in [0, 0.05) is 17.3 Å². The molecule has 1 heterocycles. The van der Waals surface area contributed by atoms with Crippen LogP contribution in [0.25, 0.3) is 11.4 Å². The maximum atomic E-state index is 11.9. The summed E-state index contributed by atoms with van der Waals surface area (Å²) in [4.78, 5) is 11.9. The number of hydrogen-bond donors (Lipinski definition) is 3. The zero-order chi connectivity index (χ0) is 13.8. The maximum Gasteiger partial charge on any atom is 0.228 e. The molecule has 0 spiro atoms. The molecule has 0 aliphatic heterocycles. The summed E-state index contributed by atoms with van der Waals surface area (Å²) in [5.74, 6) is 0.116. The van der Waals surface area contributed by atoms with Crippen molar-refractivity contribution in [1.29, 1.82) is 0 Å². The van der Waals surface area contributed by atoms with Crippen LogP contribution in [0.2, 0.25) is 0 Å². The van der Waals surface area contributed by atoms with Gasteiger partial charge in [0.05, 0.1) is 5.92 Å². The summed E-state index contributed by atoms with van der Waals surface area (Å²) in [6.07, 6.45) is 0. The van der Waals surface area contributed by atoms with Gasteiger partial charge >= 0.3 is 0 Å². The number of nitrogens with zero attached hydrogens (tertiary/aromatic N) is 3. The van der Waals surface area contributed by atoms with Crippen molar-refractivity contribution in [2.24, 2.45) is 11.7 Å². The summed E-state index contributed by atoms with van der Waals surface area (Å²) in [5.41, 5.74) is 7.16. The van der Waals surface area contributed by atoms with E-state index < -0.39 is 0 Å². The number of carbonyl (C=O) groups excluding carboxylic acids is 1. The smallest absolute Gasteiger partial charge is 0.228 e. The molecule has 2 aromatic rings. The molecule has 2 rings (SSSR count). The highest BCUT2D eigenvalue weighted by molar-refractivity contribution is 5.93. The lowest BCUT2D eigenvalue weighted by Gasteiger charge is -2.15. The van der Waals surface area contributed by atoms with Crippen LogP contribution >= 0.6 is 0 Å². The number of nitrogens with two attached hydrogens (primary N) is 1. The standard InChI is InChI=1S/C12H16N6O/c1-7(8(2)13)12(19)14-10-5-3-4-9(6-10)11-15-17-18-16-11/h3-8H,13H2,1-2H3,(H,14,19)(H,15,16,17,18). The van der Waals surface area contributed by atoms with E-state index in [-0.39, 0.29) is 17.9 Å². The molecule has 7 nitrogen and oxygen atoms in total. The summed E-state index contributed by atoms with van der Waals surface area (Å²) in [7, 11) is 0. The van der Waals surface area contributed by atoms with Gasteiger partial charge in [0.1, 0.15) is 0 Å². The number of benzene rings is 1. The summed E-state index contributed by atoms with van der Waals surface area (Å²) in [6.45, 7) is 3.60. The minimum absolute atomic E-state index is 0.111. The summed E-state index contributed by atoms with van der Waals surface area (Å²) in [5, 5.41) is 16.5. The van der Waals surface area contributed by atoms with Crippen molar-refractivity contribution in [3.63, 3.8) is 0 Å². The van der Waals surface area contributed by atoms with Crippen molar-refractivity contribution in [3.8, 4) is 11.4 Å². The summed E-state index contributed by atoms with van der Waals surface area (Å²) in [6, 6.07) is 7.06. The van der Waals surface area contributed by atoms with Crippen LogP contribution in [0.3, 0.4) is 0 Å². The average molecular weight is 260 g/mol. The first kappa shape index (κ1) is 13.2. The van der Waals surface area contributed by atoms with Gasteiger partial charge in [-0.15, -0.1) is 10.2 Å². The van der Waals surface area contributed by atoms with E-state index in [2.05, 4.69) is 25.9 Å². The lowest BCUT2D eigenvalue weighted by atomic mass is 10.0. The molecule has 100 valence electrons. The molecule has 2 atom stereocenters. The Balaban J connectivity index is 2.14. The molecule has 0 saturated carbocycles. The first-order chi connectivity index (χ1) is 9.08. The second-order valence-corrected chi connectivity index (χ2v) is 4.45. The lowest BCUT2D eigenvalue weighted by Crippen LogP contribution is -2.34. The maximum absolute atomic E-state index is 11.9. The highest BCUT2D eigenvalue weighted by atomic mass is 16.1. The van der Waals surface area contributed by atoms with Crippen molar-refractivity contribution >= 4 is 11.6 Å². The van der Waals surface area contributed by atoms with Crippen molar-refractivity contribution in [2.75, 3.05) is 5.32 Å². The van der Waals surface area contributed by atoms with Crippen molar-refractivity contribution in [2.45, 2.75) is 19.9 Å². The largest absolute Gasteiger partial charge is 0.327 e. The highest BCUT2D eigenvalue weighted by Crippen LogP contribution is 2.19. The van der Waals surface area contributed by atoms with Gasteiger partial charge in [-0.3, -0.25) is 4.79 Å². The number of aromatic nitrogens is 4. The van der Waals surface area contributed by atoms with Gasteiger partial charge in [-0.2, -0.15) is 5.21 Å². The third-order valence-electron chi connectivity index (χ3n) is 2.94.